The van der Waals surface area contributed by atoms with Crippen LogP contribution in [-0.2, 0) is 16.0 Å². The standard InChI is InChI=1S/C25H27Cl2NO2/c1-17(2)23(25(3,4)15-22(26)27)24(29)30-21(16-28)20-12-8-11-19(14-20)13-18-9-6-5-7-10-18/h5-12,14-15,17,21,23H,13H2,1-4H3. The maximum Gasteiger partial charge on any atom is 0.311 e. The van der Waals surface area contributed by atoms with E-state index in [0.29, 0.717) is 5.56 Å². The molecule has 0 saturated carbocycles. The number of rotatable bonds is 8. The number of allylic oxidation sites excluding steroid dienone is 1. The normalized spacial score (nSPS) is 13.3. The molecule has 0 aromatic heterocycles. The molecule has 0 aliphatic rings. The van der Waals surface area contributed by atoms with Crippen molar-refractivity contribution in [2.45, 2.75) is 40.2 Å². The number of ether oxygens (including phenoxy) is 1. The van der Waals surface area contributed by atoms with Gasteiger partial charge in [0.1, 0.15) is 10.6 Å². The Balaban J connectivity index is 2.23. The van der Waals surface area contributed by atoms with Gasteiger partial charge in [0.15, 0.2) is 0 Å². The molecule has 158 valence electrons. The van der Waals surface area contributed by atoms with Gasteiger partial charge in [-0.3, -0.25) is 4.79 Å². The third kappa shape index (κ3) is 6.62. The quantitative estimate of drug-likeness (QED) is 0.412. The summed E-state index contributed by atoms with van der Waals surface area (Å²) in [5.74, 6) is -0.977. The molecule has 0 aliphatic carbocycles. The van der Waals surface area contributed by atoms with E-state index in [0.717, 1.165) is 12.0 Å². The fourth-order valence-electron chi connectivity index (χ4n) is 3.86. The van der Waals surface area contributed by atoms with Crippen molar-refractivity contribution in [1.29, 1.82) is 5.26 Å². The van der Waals surface area contributed by atoms with Crippen LogP contribution in [0.25, 0.3) is 0 Å². The molecule has 30 heavy (non-hydrogen) atoms. The number of esters is 1. The van der Waals surface area contributed by atoms with Gasteiger partial charge in [0.25, 0.3) is 0 Å². The van der Waals surface area contributed by atoms with Gasteiger partial charge in [0, 0.05) is 5.56 Å². The SMILES string of the molecule is CC(C)C(C(=O)OC(C#N)c1cccc(Cc2ccccc2)c1)C(C)(C)C=C(Cl)Cl. The first-order chi connectivity index (χ1) is 14.1. The number of benzene rings is 2. The molecule has 0 saturated heterocycles. The van der Waals surface area contributed by atoms with E-state index >= 15 is 0 Å². The molecule has 0 radical (unpaired) electrons. The van der Waals surface area contributed by atoms with Crippen LogP contribution in [0.5, 0.6) is 0 Å². The summed E-state index contributed by atoms with van der Waals surface area (Å²) in [6.45, 7) is 7.63. The molecule has 3 nitrogen and oxygen atoms in total. The Kier molecular flexibility index (Phi) is 8.53. The second-order valence-corrected chi connectivity index (χ2v) is 9.34. The van der Waals surface area contributed by atoms with E-state index in [4.69, 9.17) is 27.9 Å². The van der Waals surface area contributed by atoms with Crippen LogP contribution in [0, 0.1) is 28.6 Å². The summed E-state index contributed by atoms with van der Waals surface area (Å²) in [6, 6.07) is 19.8. The van der Waals surface area contributed by atoms with Crippen LogP contribution in [0.2, 0.25) is 0 Å². The van der Waals surface area contributed by atoms with Gasteiger partial charge in [-0.1, -0.05) is 105 Å². The highest BCUT2D eigenvalue weighted by Gasteiger charge is 2.38. The predicted octanol–water partition coefficient (Wildman–Crippen LogP) is 7.00. The Morgan fingerprint density at radius 1 is 1.10 bits per heavy atom. The van der Waals surface area contributed by atoms with Crippen LogP contribution in [0.3, 0.4) is 0 Å². The molecule has 0 N–H and O–H groups in total. The molecular weight excluding hydrogens is 417 g/mol. The summed E-state index contributed by atoms with van der Waals surface area (Å²) in [4.78, 5) is 13.0. The number of nitriles is 1. The highest BCUT2D eigenvalue weighted by atomic mass is 35.5. The van der Waals surface area contributed by atoms with Crippen molar-refractivity contribution in [3.05, 3.63) is 81.9 Å². The topological polar surface area (TPSA) is 50.1 Å². The fraction of sp³-hybridized carbons (Fsp3) is 0.360. The zero-order valence-corrected chi connectivity index (χ0v) is 19.2. The van der Waals surface area contributed by atoms with E-state index in [2.05, 4.69) is 18.2 Å². The number of carbonyl (C=O) groups is 1. The minimum atomic E-state index is -0.985. The van der Waals surface area contributed by atoms with E-state index in [1.807, 2.05) is 64.1 Å². The molecule has 0 heterocycles. The van der Waals surface area contributed by atoms with Gasteiger partial charge >= 0.3 is 5.97 Å². The second-order valence-electron chi connectivity index (χ2n) is 8.33. The van der Waals surface area contributed by atoms with Gasteiger partial charge < -0.3 is 4.74 Å². The average Bonchev–Trinajstić information content (AvgIpc) is 2.65. The Morgan fingerprint density at radius 3 is 2.30 bits per heavy atom. The first kappa shape index (κ1) is 24.0. The molecule has 2 unspecified atom stereocenters. The van der Waals surface area contributed by atoms with Gasteiger partial charge in [-0.15, -0.1) is 0 Å². The zero-order chi connectivity index (χ0) is 22.3. The average molecular weight is 444 g/mol. The molecule has 0 amide bonds. The van der Waals surface area contributed by atoms with Crippen LogP contribution in [0.15, 0.2) is 65.2 Å². The summed E-state index contributed by atoms with van der Waals surface area (Å²) in [5.41, 5.74) is 2.25. The summed E-state index contributed by atoms with van der Waals surface area (Å²) in [6.07, 6.45) is 1.39. The summed E-state index contributed by atoms with van der Waals surface area (Å²) < 4.78 is 5.77. The summed E-state index contributed by atoms with van der Waals surface area (Å²) in [5, 5.41) is 9.70. The van der Waals surface area contributed by atoms with E-state index in [1.165, 1.54) is 5.56 Å². The Bertz CT molecular complexity index is 926. The van der Waals surface area contributed by atoms with E-state index in [1.54, 1.807) is 12.1 Å². The van der Waals surface area contributed by atoms with Crippen molar-refractivity contribution in [1.82, 2.24) is 0 Å². The van der Waals surface area contributed by atoms with Gasteiger partial charge in [0.2, 0.25) is 6.10 Å². The predicted molar refractivity (Wildman–Crippen MR) is 122 cm³/mol. The molecule has 2 aromatic rings. The fourth-order valence-corrected chi connectivity index (χ4v) is 4.42. The highest BCUT2D eigenvalue weighted by molar-refractivity contribution is 6.55. The number of hydrogen-bond acceptors (Lipinski definition) is 3. The molecule has 5 heteroatoms. The Morgan fingerprint density at radius 2 is 1.73 bits per heavy atom. The van der Waals surface area contributed by atoms with Crippen molar-refractivity contribution < 1.29 is 9.53 Å². The van der Waals surface area contributed by atoms with Crippen LogP contribution in [0.4, 0.5) is 0 Å². The van der Waals surface area contributed by atoms with Gasteiger partial charge in [-0.25, -0.2) is 0 Å². The Labute approximate surface area is 189 Å². The monoisotopic (exact) mass is 443 g/mol. The van der Waals surface area contributed by atoms with E-state index in [-0.39, 0.29) is 10.4 Å². The van der Waals surface area contributed by atoms with Gasteiger partial charge in [-0.2, -0.15) is 5.26 Å². The third-order valence-corrected chi connectivity index (χ3v) is 5.28. The van der Waals surface area contributed by atoms with Crippen LogP contribution < -0.4 is 0 Å². The molecular formula is C25H27Cl2NO2. The molecule has 2 aromatic carbocycles. The van der Waals surface area contributed by atoms with Gasteiger partial charge in [-0.05, 0) is 35.0 Å². The highest BCUT2D eigenvalue weighted by Crippen LogP contribution is 2.38. The van der Waals surface area contributed by atoms with Crippen molar-refractivity contribution in [3.8, 4) is 6.07 Å². The van der Waals surface area contributed by atoms with Crippen molar-refractivity contribution >= 4 is 29.2 Å². The maximum atomic E-state index is 13.0. The molecule has 0 aliphatic heterocycles. The van der Waals surface area contributed by atoms with Crippen LogP contribution in [0.1, 0.15) is 50.5 Å². The zero-order valence-electron chi connectivity index (χ0n) is 17.7. The first-order valence-electron chi connectivity index (χ1n) is 9.90. The molecule has 2 atom stereocenters. The number of hydrogen-bond donors (Lipinski definition) is 0. The van der Waals surface area contributed by atoms with Crippen molar-refractivity contribution in [2.75, 3.05) is 0 Å². The smallest absolute Gasteiger partial charge is 0.311 e. The summed E-state index contributed by atoms with van der Waals surface area (Å²) >= 11 is 11.7. The lowest BCUT2D eigenvalue weighted by Crippen LogP contribution is -2.35. The minimum Gasteiger partial charge on any atom is -0.442 e. The van der Waals surface area contributed by atoms with Crippen LogP contribution >= 0.6 is 23.2 Å². The second kappa shape index (κ2) is 10.7. The maximum absolute atomic E-state index is 13.0. The lowest BCUT2D eigenvalue weighted by molar-refractivity contribution is -0.157. The Hall–Kier alpha value is -2.28. The molecule has 0 fully saturated rings. The minimum absolute atomic E-state index is 0.0276. The lowest BCUT2D eigenvalue weighted by Gasteiger charge is -2.33. The van der Waals surface area contributed by atoms with Crippen molar-refractivity contribution in [3.63, 3.8) is 0 Å². The van der Waals surface area contributed by atoms with E-state index < -0.39 is 23.4 Å². The first-order valence-corrected chi connectivity index (χ1v) is 10.7. The van der Waals surface area contributed by atoms with Crippen molar-refractivity contribution in [2.24, 2.45) is 17.3 Å². The largest absolute Gasteiger partial charge is 0.442 e. The van der Waals surface area contributed by atoms with E-state index in [9.17, 15) is 10.1 Å². The van der Waals surface area contributed by atoms with Gasteiger partial charge in [0.05, 0.1) is 5.92 Å². The molecule has 0 spiro atoms. The molecule has 2 rings (SSSR count). The van der Waals surface area contributed by atoms with Crippen LogP contribution in [-0.4, -0.2) is 5.97 Å². The lowest BCUT2D eigenvalue weighted by atomic mass is 9.73. The summed E-state index contributed by atoms with van der Waals surface area (Å²) in [7, 11) is 0. The number of halogens is 2. The third-order valence-electron chi connectivity index (χ3n) is 5.06. The number of carbonyl (C=O) groups excluding carboxylic acids is 1. The molecule has 0 bridgehead atoms. The number of nitrogens with zero attached hydrogens (tertiary/aromatic N) is 1.